The van der Waals surface area contributed by atoms with Crippen molar-refractivity contribution < 1.29 is 24.2 Å². The van der Waals surface area contributed by atoms with Crippen molar-refractivity contribution in [2.24, 2.45) is 0 Å². The predicted molar refractivity (Wildman–Crippen MR) is 162 cm³/mol. The first-order valence-corrected chi connectivity index (χ1v) is 14.4. The highest BCUT2D eigenvalue weighted by atomic mass is 16.6. The Bertz CT molecular complexity index is 1390. The number of rotatable bonds is 10. The molecule has 1 aliphatic rings. The van der Waals surface area contributed by atoms with Gasteiger partial charge in [0.1, 0.15) is 23.4 Å². The van der Waals surface area contributed by atoms with Crippen molar-refractivity contribution in [1.82, 2.24) is 15.5 Å². The van der Waals surface area contributed by atoms with Crippen LogP contribution in [0, 0.1) is 13.8 Å². The molecule has 0 radical (unpaired) electrons. The first-order chi connectivity index (χ1) is 19.9. The Morgan fingerprint density at radius 1 is 0.952 bits per heavy atom. The van der Waals surface area contributed by atoms with E-state index in [0.717, 1.165) is 40.7 Å². The Balaban J connectivity index is 1.70. The van der Waals surface area contributed by atoms with Gasteiger partial charge in [-0.1, -0.05) is 66.2 Å². The van der Waals surface area contributed by atoms with E-state index < -0.39 is 23.8 Å². The van der Waals surface area contributed by atoms with Crippen molar-refractivity contribution in [1.29, 1.82) is 0 Å². The second-order valence-corrected chi connectivity index (χ2v) is 12.0. The van der Waals surface area contributed by atoms with Crippen LogP contribution in [0.15, 0.2) is 72.8 Å². The van der Waals surface area contributed by atoms with Gasteiger partial charge >= 0.3 is 6.09 Å². The van der Waals surface area contributed by atoms with Gasteiger partial charge in [0.05, 0.1) is 0 Å². The van der Waals surface area contributed by atoms with Gasteiger partial charge in [-0.2, -0.15) is 0 Å². The third-order valence-electron chi connectivity index (χ3n) is 7.12. The van der Waals surface area contributed by atoms with E-state index >= 15 is 0 Å². The molecule has 3 aromatic rings. The van der Waals surface area contributed by atoms with Gasteiger partial charge in [0, 0.05) is 19.0 Å². The van der Waals surface area contributed by atoms with Gasteiger partial charge in [-0.05, 0) is 81.8 Å². The number of carbonyl (C=O) groups is 3. The Morgan fingerprint density at radius 2 is 1.62 bits per heavy atom. The average Bonchev–Trinajstić information content (AvgIpc) is 3.76. The second kappa shape index (κ2) is 13.1. The molecule has 42 heavy (non-hydrogen) atoms. The number of aryl methyl sites for hydroxylation is 2. The van der Waals surface area contributed by atoms with Crippen molar-refractivity contribution in [3.63, 3.8) is 0 Å². The molecule has 8 nitrogen and oxygen atoms in total. The summed E-state index contributed by atoms with van der Waals surface area (Å²) in [6.45, 7) is 9.53. The molecular weight excluding hydrogens is 530 g/mol. The summed E-state index contributed by atoms with van der Waals surface area (Å²) in [5.41, 5.74) is 3.64. The number of phenolic OH excluding ortho intramolecular Hbond substituents is 1. The zero-order chi connectivity index (χ0) is 30.4. The number of phenols is 1. The number of aromatic hydroxyl groups is 1. The number of carbonyl (C=O) groups excluding carboxylic acids is 3. The number of ether oxygens (including phenoxy) is 1. The SMILES string of the molecule is Cc1ccc(C(C(=O)NCc2ccccc2)N(C(=O)C(Cc2ccc(O)cc2)NC(=O)OC(C)(C)C)C2CC2)c(C)c1. The molecule has 2 unspecified atom stereocenters. The van der Waals surface area contributed by atoms with Gasteiger partial charge in [0.15, 0.2) is 0 Å². The highest BCUT2D eigenvalue weighted by molar-refractivity contribution is 5.93. The minimum absolute atomic E-state index is 0.103. The van der Waals surface area contributed by atoms with Crippen molar-refractivity contribution in [2.45, 2.75) is 84.2 Å². The molecule has 3 aromatic carbocycles. The van der Waals surface area contributed by atoms with E-state index in [-0.39, 0.29) is 30.0 Å². The van der Waals surface area contributed by atoms with Crippen LogP contribution in [0.5, 0.6) is 5.75 Å². The van der Waals surface area contributed by atoms with Gasteiger partial charge in [0.2, 0.25) is 11.8 Å². The third kappa shape index (κ3) is 8.35. The third-order valence-corrected chi connectivity index (χ3v) is 7.12. The monoisotopic (exact) mass is 571 g/mol. The Morgan fingerprint density at radius 3 is 2.21 bits per heavy atom. The number of alkyl carbamates (subject to hydrolysis) is 1. The number of amides is 3. The number of nitrogens with zero attached hydrogens (tertiary/aromatic N) is 1. The quantitative estimate of drug-likeness (QED) is 0.298. The van der Waals surface area contributed by atoms with Crippen LogP contribution in [0.4, 0.5) is 4.79 Å². The van der Waals surface area contributed by atoms with Crippen LogP contribution in [-0.4, -0.2) is 45.6 Å². The molecule has 1 fully saturated rings. The minimum atomic E-state index is -1.000. The smallest absolute Gasteiger partial charge is 0.408 e. The maximum Gasteiger partial charge on any atom is 0.408 e. The summed E-state index contributed by atoms with van der Waals surface area (Å²) in [5.74, 6) is -0.547. The summed E-state index contributed by atoms with van der Waals surface area (Å²) in [4.78, 5) is 43.1. The molecule has 1 aliphatic carbocycles. The molecule has 4 rings (SSSR count). The minimum Gasteiger partial charge on any atom is -0.508 e. The highest BCUT2D eigenvalue weighted by Crippen LogP contribution is 2.37. The summed E-state index contributed by atoms with van der Waals surface area (Å²) >= 11 is 0. The Hall–Kier alpha value is -4.33. The molecule has 3 amide bonds. The normalized spacial score (nSPS) is 14.4. The van der Waals surface area contributed by atoms with Gasteiger partial charge < -0.3 is 25.4 Å². The summed E-state index contributed by atoms with van der Waals surface area (Å²) < 4.78 is 5.50. The Kier molecular flexibility index (Phi) is 9.55. The highest BCUT2D eigenvalue weighted by Gasteiger charge is 2.44. The van der Waals surface area contributed by atoms with Crippen LogP contribution in [0.25, 0.3) is 0 Å². The van der Waals surface area contributed by atoms with Crippen molar-refractivity contribution in [3.8, 4) is 5.75 Å². The standard InChI is InChI=1S/C34H41N3O5/c1-22-11-18-28(23(2)19-22)30(31(39)35-21-25-9-7-6-8-10-25)37(26-14-15-26)32(40)29(36-33(41)42-34(3,4)5)20-24-12-16-27(38)17-13-24/h6-13,16-19,26,29-30,38H,14-15,20-21H2,1-5H3,(H,35,39)(H,36,41). The van der Waals surface area contributed by atoms with Crippen LogP contribution < -0.4 is 10.6 Å². The van der Waals surface area contributed by atoms with Gasteiger partial charge in [0.25, 0.3) is 0 Å². The molecule has 2 atom stereocenters. The van der Waals surface area contributed by atoms with Crippen molar-refractivity contribution in [3.05, 3.63) is 101 Å². The average molecular weight is 572 g/mol. The summed E-state index contributed by atoms with van der Waals surface area (Å²) in [6, 6.07) is 20.0. The number of hydrogen-bond acceptors (Lipinski definition) is 5. The molecule has 0 aliphatic heterocycles. The second-order valence-electron chi connectivity index (χ2n) is 12.0. The zero-order valence-electron chi connectivity index (χ0n) is 25.0. The lowest BCUT2D eigenvalue weighted by molar-refractivity contribution is -0.143. The molecule has 0 heterocycles. The number of hydrogen-bond donors (Lipinski definition) is 3. The van der Waals surface area contributed by atoms with E-state index in [0.29, 0.717) is 6.54 Å². The number of benzene rings is 3. The molecular formula is C34H41N3O5. The van der Waals surface area contributed by atoms with E-state index in [1.807, 2.05) is 62.4 Å². The fourth-order valence-electron chi connectivity index (χ4n) is 5.00. The van der Waals surface area contributed by atoms with Crippen molar-refractivity contribution >= 4 is 17.9 Å². The summed E-state index contributed by atoms with van der Waals surface area (Å²) in [6.07, 6.45) is 0.967. The zero-order valence-corrected chi connectivity index (χ0v) is 25.0. The van der Waals surface area contributed by atoms with Crippen LogP contribution in [0.1, 0.15) is 67.5 Å². The molecule has 8 heteroatoms. The van der Waals surface area contributed by atoms with Gasteiger partial charge in [-0.25, -0.2) is 4.79 Å². The van der Waals surface area contributed by atoms with Crippen LogP contribution in [-0.2, 0) is 27.3 Å². The van der Waals surface area contributed by atoms with Gasteiger partial charge in [-0.3, -0.25) is 9.59 Å². The van der Waals surface area contributed by atoms with Crippen LogP contribution in [0.2, 0.25) is 0 Å². The maximum atomic E-state index is 14.5. The molecule has 3 N–H and O–H groups in total. The van der Waals surface area contributed by atoms with E-state index in [1.165, 1.54) is 0 Å². The lowest BCUT2D eigenvalue weighted by atomic mass is 9.95. The van der Waals surface area contributed by atoms with E-state index in [9.17, 15) is 19.5 Å². The van der Waals surface area contributed by atoms with E-state index in [2.05, 4.69) is 10.6 Å². The predicted octanol–water partition coefficient (Wildman–Crippen LogP) is 5.49. The summed E-state index contributed by atoms with van der Waals surface area (Å²) in [7, 11) is 0. The first-order valence-electron chi connectivity index (χ1n) is 14.4. The van der Waals surface area contributed by atoms with E-state index in [1.54, 1.807) is 49.9 Å². The van der Waals surface area contributed by atoms with Crippen LogP contribution in [0.3, 0.4) is 0 Å². The molecule has 0 bridgehead atoms. The largest absolute Gasteiger partial charge is 0.508 e. The van der Waals surface area contributed by atoms with Crippen LogP contribution >= 0.6 is 0 Å². The molecule has 0 aromatic heterocycles. The maximum absolute atomic E-state index is 14.5. The lowest BCUT2D eigenvalue weighted by Gasteiger charge is -2.35. The topological polar surface area (TPSA) is 108 Å². The first kappa shape index (κ1) is 30.6. The summed E-state index contributed by atoms with van der Waals surface area (Å²) in [5, 5.41) is 15.6. The van der Waals surface area contributed by atoms with E-state index in [4.69, 9.17) is 4.74 Å². The molecule has 0 saturated heterocycles. The van der Waals surface area contributed by atoms with Gasteiger partial charge in [-0.15, -0.1) is 0 Å². The fourth-order valence-corrected chi connectivity index (χ4v) is 5.00. The molecule has 222 valence electrons. The molecule has 0 spiro atoms. The molecule has 1 saturated carbocycles. The lowest BCUT2D eigenvalue weighted by Crippen LogP contribution is -2.54. The Labute approximate surface area is 248 Å². The fraction of sp³-hybridized carbons (Fsp3) is 0.382. The number of nitrogens with one attached hydrogen (secondary N) is 2. The van der Waals surface area contributed by atoms with Crippen molar-refractivity contribution in [2.75, 3.05) is 0 Å².